The van der Waals surface area contributed by atoms with Crippen molar-refractivity contribution in [3.05, 3.63) is 28.2 Å². The van der Waals surface area contributed by atoms with E-state index in [4.69, 9.17) is 10.2 Å². The molecule has 7 heteroatoms. The van der Waals surface area contributed by atoms with Gasteiger partial charge in [-0.25, -0.2) is 9.59 Å². The van der Waals surface area contributed by atoms with Crippen molar-refractivity contribution in [2.75, 3.05) is 31.1 Å². The number of hydrogen-bond donors (Lipinski definition) is 2. The van der Waals surface area contributed by atoms with Gasteiger partial charge in [0.1, 0.15) is 0 Å². The van der Waals surface area contributed by atoms with E-state index in [0.717, 1.165) is 5.69 Å². The van der Waals surface area contributed by atoms with E-state index in [1.807, 2.05) is 4.90 Å². The predicted molar refractivity (Wildman–Crippen MR) is 72.9 cm³/mol. The summed E-state index contributed by atoms with van der Waals surface area (Å²) in [6, 6.07) is 4.84. The molecular formula is C12H13BrN2O4. The van der Waals surface area contributed by atoms with Crippen molar-refractivity contribution in [1.82, 2.24) is 4.90 Å². The first-order valence-corrected chi connectivity index (χ1v) is 6.54. The third-order valence-electron chi connectivity index (χ3n) is 3.09. The van der Waals surface area contributed by atoms with Gasteiger partial charge >= 0.3 is 12.1 Å². The van der Waals surface area contributed by atoms with Crippen molar-refractivity contribution in [3.8, 4) is 0 Å². The van der Waals surface area contributed by atoms with Crippen LogP contribution in [0.4, 0.5) is 10.5 Å². The summed E-state index contributed by atoms with van der Waals surface area (Å²) in [5, 5.41) is 17.8. The molecule has 0 radical (unpaired) electrons. The fraction of sp³-hybridized carbons (Fsp3) is 0.333. The summed E-state index contributed by atoms with van der Waals surface area (Å²) < 4.78 is 0.705. The monoisotopic (exact) mass is 328 g/mol. The van der Waals surface area contributed by atoms with Gasteiger partial charge in [0.2, 0.25) is 0 Å². The molecule has 1 fully saturated rings. The maximum atomic E-state index is 10.9. The van der Waals surface area contributed by atoms with E-state index in [-0.39, 0.29) is 5.56 Å². The molecule has 1 aromatic carbocycles. The third kappa shape index (κ3) is 2.98. The molecule has 102 valence electrons. The summed E-state index contributed by atoms with van der Waals surface area (Å²) in [5.74, 6) is -0.969. The van der Waals surface area contributed by atoms with Crippen LogP contribution < -0.4 is 4.90 Å². The van der Waals surface area contributed by atoms with Gasteiger partial charge in [-0.2, -0.15) is 0 Å². The van der Waals surface area contributed by atoms with Gasteiger partial charge in [-0.1, -0.05) is 0 Å². The Bertz CT molecular complexity index is 512. The van der Waals surface area contributed by atoms with E-state index in [0.29, 0.717) is 30.7 Å². The van der Waals surface area contributed by atoms with Gasteiger partial charge < -0.3 is 20.0 Å². The largest absolute Gasteiger partial charge is 0.478 e. The molecule has 0 spiro atoms. The summed E-state index contributed by atoms with van der Waals surface area (Å²) in [6.07, 6.45) is -0.903. The normalized spacial score (nSPS) is 15.4. The third-order valence-corrected chi connectivity index (χ3v) is 3.72. The Morgan fingerprint density at radius 1 is 1.11 bits per heavy atom. The zero-order chi connectivity index (χ0) is 14.0. The van der Waals surface area contributed by atoms with Crippen molar-refractivity contribution in [2.24, 2.45) is 0 Å². The van der Waals surface area contributed by atoms with E-state index in [9.17, 15) is 9.59 Å². The number of carbonyl (C=O) groups is 2. The number of hydrogen-bond acceptors (Lipinski definition) is 3. The summed E-state index contributed by atoms with van der Waals surface area (Å²) in [6.45, 7) is 2.08. The summed E-state index contributed by atoms with van der Waals surface area (Å²) >= 11 is 3.36. The molecule has 1 aliphatic rings. The van der Waals surface area contributed by atoms with Gasteiger partial charge in [-0.05, 0) is 34.1 Å². The molecule has 1 aliphatic heterocycles. The molecule has 0 bridgehead atoms. The van der Waals surface area contributed by atoms with Crippen LogP contribution in [0.3, 0.4) is 0 Å². The molecule has 1 saturated heterocycles. The van der Waals surface area contributed by atoms with Crippen LogP contribution in [0.5, 0.6) is 0 Å². The van der Waals surface area contributed by atoms with Gasteiger partial charge in [-0.15, -0.1) is 0 Å². The van der Waals surface area contributed by atoms with E-state index < -0.39 is 12.1 Å². The predicted octanol–water partition coefficient (Wildman–Crippen LogP) is 1.95. The molecule has 0 aromatic heterocycles. The Hall–Kier alpha value is -1.76. The van der Waals surface area contributed by atoms with Gasteiger partial charge in [-0.3, -0.25) is 0 Å². The second-order valence-electron chi connectivity index (χ2n) is 4.23. The van der Waals surface area contributed by atoms with E-state index in [2.05, 4.69) is 15.9 Å². The number of aromatic carboxylic acids is 1. The topological polar surface area (TPSA) is 81.1 Å². The van der Waals surface area contributed by atoms with E-state index in [1.54, 1.807) is 18.2 Å². The lowest BCUT2D eigenvalue weighted by Gasteiger charge is -2.35. The van der Waals surface area contributed by atoms with Crippen LogP contribution in [0.15, 0.2) is 22.7 Å². The fourth-order valence-electron chi connectivity index (χ4n) is 2.04. The van der Waals surface area contributed by atoms with Gasteiger partial charge in [0.05, 0.1) is 11.3 Å². The number of nitrogens with zero attached hydrogens (tertiary/aromatic N) is 2. The molecule has 0 atom stereocenters. The highest BCUT2D eigenvalue weighted by molar-refractivity contribution is 9.10. The van der Waals surface area contributed by atoms with Crippen molar-refractivity contribution in [3.63, 3.8) is 0 Å². The molecule has 6 nitrogen and oxygen atoms in total. The molecule has 2 N–H and O–H groups in total. The van der Waals surface area contributed by atoms with Crippen LogP contribution in [-0.4, -0.2) is 53.4 Å². The minimum atomic E-state index is -0.969. The minimum absolute atomic E-state index is 0.222. The highest BCUT2D eigenvalue weighted by atomic mass is 79.9. The highest BCUT2D eigenvalue weighted by Gasteiger charge is 2.22. The van der Waals surface area contributed by atoms with Crippen LogP contribution in [0, 0.1) is 0 Å². The molecule has 1 aromatic rings. The molecule has 0 saturated carbocycles. The number of carboxylic acids is 1. The van der Waals surface area contributed by atoms with Crippen LogP contribution in [0.2, 0.25) is 0 Å². The Labute approximate surface area is 118 Å². The number of carboxylic acid groups (broad SMARTS) is 2. The first kappa shape index (κ1) is 13.7. The van der Waals surface area contributed by atoms with Crippen molar-refractivity contribution >= 4 is 33.7 Å². The molecule has 0 unspecified atom stereocenters. The lowest BCUT2D eigenvalue weighted by Crippen LogP contribution is -2.48. The standard InChI is InChI=1S/C12H13BrN2O4/c13-9-7-8(11(16)17)1-2-10(9)14-3-5-15(6-4-14)12(18)19/h1-2,7H,3-6H2,(H,16,17)(H,18,19). The maximum Gasteiger partial charge on any atom is 0.407 e. The second-order valence-corrected chi connectivity index (χ2v) is 5.08. The zero-order valence-electron chi connectivity index (χ0n) is 10.0. The highest BCUT2D eigenvalue weighted by Crippen LogP contribution is 2.28. The average molecular weight is 329 g/mol. The lowest BCUT2D eigenvalue weighted by molar-refractivity contribution is 0.0696. The van der Waals surface area contributed by atoms with Crippen LogP contribution in [0.25, 0.3) is 0 Å². The Morgan fingerprint density at radius 2 is 1.74 bits per heavy atom. The van der Waals surface area contributed by atoms with Crippen LogP contribution >= 0.6 is 15.9 Å². The number of anilines is 1. The Kier molecular flexibility index (Phi) is 3.94. The molecular weight excluding hydrogens is 316 g/mol. The molecule has 2 rings (SSSR count). The lowest BCUT2D eigenvalue weighted by atomic mass is 10.2. The quantitative estimate of drug-likeness (QED) is 0.867. The fourth-order valence-corrected chi connectivity index (χ4v) is 2.66. The van der Waals surface area contributed by atoms with Crippen molar-refractivity contribution in [1.29, 1.82) is 0 Å². The van der Waals surface area contributed by atoms with E-state index in [1.165, 1.54) is 4.90 Å². The van der Waals surface area contributed by atoms with Gasteiger partial charge in [0.25, 0.3) is 0 Å². The number of piperazine rings is 1. The average Bonchev–Trinajstić information content (AvgIpc) is 2.38. The minimum Gasteiger partial charge on any atom is -0.478 e. The first-order chi connectivity index (χ1) is 8.99. The molecule has 19 heavy (non-hydrogen) atoms. The SMILES string of the molecule is O=C(O)c1ccc(N2CCN(C(=O)O)CC2)c(Br)c1. The number of amides is 1. The van der Waals surface area contributed by atoms with Gasteiger partial charge in [0, 0.05) is 30.7 Å². The molecule has 1 amide bonds. The summed E-state index contributed by atoms with van der Waals surface area (Å²) in [5.41, 5.74) is 1.11. The summed E-state index contributed by atoms with van der Waals surface area (Å²) in [4.78, 5) is 25.1. The van der Waals surface area contributed by atoms with Gasteiger partial charge in [0.15, 0.2) is 0 Å². The maximum absolute atomic E-state index is 10.9. The van der Waals surface area contributed by atoms with E-state index >= 15 is 0 Å². The number of benzene rings is 1. The van der Waals surface area contributed by atoms with Crippen LogP contribution in [0.1, 0.15) is 10.4 Å². The molecule has 0 aliphatic carbocycles. The summed E-state index contributed by atoms with van der Waals surface area (Å²) in [7, 11) is 0. The van der Waals surface area contributed by atoms with Crippen molar-refractivity contribution in [2.45, 2.75) is 0 Å². The smallest absolute Gasteiger partial charge is 0.407 e. The number of rotatable bonds is 2. The van der Waals surface area contributed by atoms with Crippen molar-refractivity contribution < 1.29 is 19.8 Å². The Morgan fingerprint density at radius 3 is 2.21 bits per heavy atom. The zero-order valence-corrected chi connectivity index (χ0v) is 11.6. The second kappa shape index (κ2) is 5.48. The number of halogens is 1. The molecule has 1 heterocycles. The van der Waals surface area contributed by atoms with Crippen LogP contribution in [-0.2, 0) is 0 Å². The Balaban J connectivity index is 2.11. The first-order valence-electron chi connectivity index (χ1n) is 5.74.